The molecule has 1 atom stereocenters. The molecule has 1 aromatic heterocycles. The molecular weight excluding hydrogens is 228 g/mol. The molecular formula is C13H22N4O. The lowest BCUT2D eigenvalue weighted by molar-refractivity contribution is -0.121. The molecule has 0 spiro atoms. The summed E-state index contributed by atoms with van der Waals surface area (Å²) in [6.45, 7) is 3.12. The molecule has 0 aromatic carbocycles. The van der Waals surface area contributed by atoms with E-state index >= 15 is 0 Å². The number of hydrogen-bond donors (Lipinski definition) is 2. The average molecular weight is 250 g/mol. The predicted molar refractivity (Wildman–Crippen MR) is 72.0 cm³/mol. The molecule has 0 aliphatic heterocycles. The Bertz CT molecular complexity index is 394. The smallest absolute Gasteiger partial charge is 0.221 e. The fraction of sp³-hybridized carbons (Fsp3) is 0.538. The minimum atomic E-state index is 0.00880. The Morgan fingerprint density at radius 2 is 2.28 bits per heavy atom. The number of aromatic nitrogens is 1. The van der Waals surface area contributed by atoms with E-state index < -0.39 is 0 Å². The Kier molecular flexibility index (Phi) is 5.74. The third-order valence-corrected chi connectivity index (χ3v) is 2.95. The maximum absolute atomic E-state index is 11.4. The van der Waals surface area contributed by atoms with Gasteiger partial charge in [-0.05, 0) is 26.1 Å². The standard InChI is InChI=1S/C13H22N4O/c1-10-5-4-6-11(16-10)9-17(3)12(8-14)7-13(18)15-2/h4-6,12H,7-9,14H2,1-3H3,(H,15,18). The van der Waals surface area contributed by atoms with E-state index in [0.29, 0.717) is 19.5 Å². The molecule has 1 rings (SSSR count). The number of nitrogens with one attached hydrogen (secondary N) is 1. The number of likely N-dealkylation sites (N-methyl/N-ethyl adjacent to an activating group) is 1. The fourth-order valence-electron chi connectivity index (χ4n) is 1.81. The molecule has 1 aromatic rings. The van der Waals surface area contributed by atoms with Crippen LogP contribution in [-0.4, -0.2) is 42.5 Å². The highest BCUT2D eigenvalue weighted by Gasteiger charge is 2.17. The fourth-order valence-corrected chi connectivity index (χ4v) is 1.81. The summed E-state index contributed by atoms with van der Waals surface area (Å²) in [5, 5.41) is 2.62. The van der Waals surface area contributed by atoms with E-state index in [-0.39, 0.29) is 11.9 Å². The maximum Gasteiger partial charge on any atom is 0.221 e. The Morgan fingerprint density at radius 1 is 1.56 bits per heavy atom. The Hall–Kier alpha value is -1.46. The van der Waals surface area contributed by atoms with Gasteiger partial charge in [0, 0.05) is 38.3 Å². The van der Waals surface area contributed by atoms with Gasteiger partial charge < -0.3 is 11.1 Å². The van der Waals surface area contributed by atoms with Crippen LogP contribution >= 0.6 is 0 Å². The molecule has 0 bridgehead atoms. The van der Waals surface area contributed by atoms with Crippen molar-refractivity contribution in [3.05, 3.63) is 29.6 Å². The van der Waals surface area contributed by atoms with Gasteiger partial charge in [-0.1, -0.05) is 6.07 Å². The second-order valence-corrected chi connectivity index (χ2v) is 4.45. The van der Waals surface area contributed by atoms with Crippen molar-refractivity contribution in [2.45, 2.75) is 25.9 Å². The summed E-state index contributed by atoms with van der Waals surface area (Å²) in [5.74, 6) is 0.00880. The molecule has 18 heavy (non-hydrogen) atoms. The highest BCUT2D eigenvalue weighted by molar-refractivity contribution is 5.76. The summed E-state index contributed by atoms with van der Waals surface area (Å²) in [6, 6.07) is 5.97. The highest BCUT2D eigenvalue weighted by atomic mass is 16.1. The van der Waals surface area contributed by atoms with Gasteiger partial charge in [0.05, 0.1) is 5.69 Å². The normalized spacial score (nSPS) is 12.5. The van der Waals surface area contributed by atoms with Crippen molar-refractivity contribution in [3.63, 3.8) is 0 Å². The van der Waals surface area contributed by atoms with E-state index in [0.717, 1.165) is 11.4 Å². The van der Waals surface area contributed by atoms with Gasteiger partial charge in [-0.25, -0.2) is 0 Å². The molecule has 0 fully saturated rings. The topological polar surface area (TPSA) is 71.2 Å². The van der Waals surface area contributed by atoms with Crippen molar-refractivity contribution >= 4 is 5.91 Å². The van der Waals surface area contributed by atoms with Gasteiger partial charge in [-0.3, -0.25) is 14.7 Å². The van der Waals surface area contributed by atoms with Crippen molar-refractivity contribution in [2.75, 3.05) is 20.6 Å². The number of amides is 1. The van der Waals surface area contributed by atoms with Crippen LogP contribution < -0.4 is 11.1 Å². The first-order valence-corrected chi connectivity index (χ1v) is 6.10. The van der Waals surface area contributed by atoms with E-state index in [1.54, 1.807) is 7.05 Å². The Morgan fingerprint density at radius 3 is 2.83 bits per heavy atom. The second-order valence-electron chi connectivity index (χ2n) is 4.45. The highest BCUT2D eigenvalue weighted by Crippen LogP contribution is 2.07. The van der Waals surface area contributed by atoms with Crippen LogP contribution in [0.1, 0.15) is 17.8 Å². The predicted octanol–water partition coefficient (Wildman–Crippen LogP) is 0.285. The number of carbonyl (C=O) groups is 1. The summed E-state index contributed by atoms with van der Waals surface area (Å²) in [5.41, 5.74) is 7.71. The summed E-state index contributed by atoms with van der Waals surface area (Å²) >= 11 is 0. The second kappa shape index (κ2) is 7.08. The lowest BCUT2D eigenvalue weighted by Gasteiger charge is -2.26. The van der Waals surface area contributed by atoms with Gasteiger partial charge in [-0.15, -0.1) is 0 Å². The Labute approximate surface area is 108 Å². The molecule has 100 valence electrons. The van der Waals surface area contributed by atoms with Crippen LogP contribution in [0, 0.1) is 6.92 Å². The van der Waals surface area contributed by atoms with Crippen LogP contribution in [0.2, 0.25) is 0 Å². The lowest BCUT2D eigenvalue weighted by atomic mass is 10.1. The SMILES string of the molecule is CNC(=O)CC(CN)N(C)Cc1cccc(C)n1. The first kappa shape index (κ1) is 14.6. The van der Waals surface area contributed by atoms with Crippen molar-refractivity contribution in [2.24, 2.45) is 5.73 Å². The third-order valence-electron chi connectivity index (χ3n) is 2.95. The Balaban J connectivity index is 2.61. The zero-order chi connectivity index (χ0) is 13.5. The zero-order valence-electron chi connectivity index (χ0n) is 11.3. The molecule has 0 saturated heterocycles. The van der Waals surface area contributed by atoms with Crippen LogP contribution in [0.3, 0.4) is 0 Å². The number of hydrogen-bond acceptors (Lipinski definition) is 4. The van der Waals surface area contributed by atoms with E-state index in [1.165, 1.54) is 0 Å². The van der Waals surface area contributed by atoms with Crippen molar-refractivity contribution in [1.82, 2.24) is 15.2 Å². The minimum absolute atomic E-state index is 0.00880. The molecule has 1 heterocycles. The number of rotatable bonds is 6. The van der Waals surface area contributed by atoms with Crippen molar-refractivity contribution < 1.29 is 4.79 Å². The van der Waals surface area contributed by atoms with Gasteiger partial charge in [0.15, 0.2) is 0 Å². The lowest BCUT2D eigenvalue weighted by Crippen LogP contribution is -2.41. The van der Waals surface area contributed by atoms with E-state index in [9.17, 15) is 4.79 Å². The van der Waals surface area contributed by atoms with Crippen LogP contribution in [0.15, 0.2) is 18.2 Å². The van der Waals surface area contributed by atoms with Crippen LogP contribution in [0.4, 0.5) is 0 Å². The first-order chi connectivity index (χ1) is 8.56. The number of nitrogens with zero attached hydrogens (tertiary/aromatic N) is 2. The molecule has 0 aliphatic carbocycles. The molecule has 0 radical (unpaired) electrons. The molecule has 0 aliphatic rings. The van der Waals surface area contributed by atoms with Gasteiger partial charge in [0.2, 0.25) is 5.91 Å². The van der Waals surface area contributed by atoms with Gasteiger partial charge >= 0.3 is 0 Å². The number of pyridine rings is 1. The van der Waals surface area contributed by atoms with E-state index in [2.05, 4.69) is 15.2 Å². The maximum atomic E-state index is 11.4. The molecule has 0 saturated carbocycles. The summed E-state index contributed by atoms with van der Waals surface area (Å²) in [4.78, 5) is 17.9. The van der Waals surface area contributed by atoms with Crippen LogP contribution in [0.25, 0.3) is 0 Å². The summed E-state index contributed by atoms with van der Waals surface area (Å²) in [6.07, 6.45) is 0.412. The van der Waals surface area contributed by atoms with Gasteiger partial charge in [0.25, 0.3) is 0 Å². The zero-order valence-corrected chi connectivity index (χ0v) is 11.3. The average Bonchev–Trinajstić information content (AvgIpc) is 2.35. The summed E-state index contributed by atoms with van der Waals surface area (Å²) < 4.78 is 0. The number of aryl methyl sites for hydroxylation is 1. The monoisotopic (exact) mass is 250 g/mol. The van der Waals surface area contributed by atoms with Crippen LogP contribution in [0.5, 0.6) is 0 Å². The van der Waals surface area contributed by atoms with Crippen LogP contribution in [-0.2, 0) is 11.3 Å². The quantitative estimate of drug-likeness (QED) is 0.761. The number of carbonyl (C=O) groups excluding carboxylic acids is 1. The van der Waals surface area contributed by atoms with Crippen molar-refractivity contribution in [3.8, 4) is 0 Å². The van der Waals surface area contributed by atoms with Crippen molar-refractivity contribution in [1.29, 1.82) is 0 Å². The molecule has 1 amide bonds. The number of nitrogens with two attached hydrogens (primary N) is 1. The minimum Gasteiger partial charge on any atom is -0.359 e. The van der Waals surface area contributed by atoms with E-state index in [4.69, 9.17) is 5.73 Å². The first-order valence-electron chi connectivity index (χ1n) is 6.10. The van der Waals surface area contributed by atoms with Gasteiger partial charge in [-0.2, -0.15) is 0 Å². The molecule has 5 heteroatoms. The molecule has 3 N–H and O–H groups in total. The van der Waals surface area contributed by atoms with Gasteiger partial charge in [0.1, 0.15) is 0 Å². The summed E-state index contributed by atoms with van der Waals surface area (Å²) in [7, 11) is 3.60. The van der Waals surface area contributed by atoms with E-state index in [1.807, 2.05) is 32.2 Å². The molecule has 1 unspecified atom stereocenters. The molecule has 5 nitrogen and oxygen atoms in total. The third kappa shape index (κ3) is 4.43. The largest absolute Gasteiger partial charge is 0.359 e.